The second kappa shape index (κ2) is 24.2. The second-order valence-electron chi connectivity index (χ2n) is 8.83. The number of hydrogen-bond acceptors (Lipinski definition) is 0. The minimum absolute atomic E-state index is 0. The van der Waals surface area contributed by atoms with Gasteiger partial charge in [0, 0.05) is 0 Å². The summed E-state index contributed by atoms with van der Waals surface area (Å²) in [6, 6.07) is 0. The minimum atomic E-state index is 0. The fraction of sp³-hybridized carbons (Fsp3) is 0.833. The first-order chi connectivity index (χ1) is 13.6. The van der Waals surface area contributed by atoms with Crippen molar-refractivity contribution in [2.75, 3.05) is 45.8 Å². The zero-order chi connectivity index (χ0) is 20.5. The van der Waals surface area contributed by atoms with E-state index in [1.165, 1.54) is 44.1 Å². The standard InChI is InChI=1S/3C6H12N.C6H8N.Co.2H2O/c4*1-6-3-2-4-7-5-6;;;/h3*6H,2-5H2,1H3;2-4H,5H2,1H3;;2*1H2/q4*-1;+2;;/p+2. The van der Waals surface area contributed by atoms with E-state index in [0.29, 0.717) is 0 Å². The molecule has 0 aromatic carbocycles. The van der Waals surface area contributed by atoms with Gasteiger partial charge in [0.15, 0.2) is 0 Å². The quantitative estimate of drug-likeness (QED) is 0.410. The molecule has 4 aliphatic heterocycles. The molecule has 6 N–H and O–H groups in total. The third-order valence-corrected chi connectivity index (χ3v) is 5.27. The summed E-state index contributed by atoms with van der Waals surface area (Å²) in [5.74, 6) is 2.61. The summed E-state index contributed by atoms with van der Waals surface area (Å²) in [4.78, 5) is 0. The number of rotatable bonds is 0. The van der Waals surface area contributed by atoms with E-state index >= 15 is 0 Å². The molecule has 3 fully saturated rings. The number of piperidine rings is 3. The summed E-state index contributed by atoms with van der Waals surface area (Å²) >= 11 is 0. The maximum absolute atomic E-state index is 4.26. The average molecular weight is 486 g/mol. The van der Waals surface area contributed by atoms with E-state index in [9.17, 15) is 0 Å². The molecule has 3 unspecified atom stereocenters. The van der Waals surface area contributed by atoms with Crippen molar-refractivity contribution in [2.45, 2.75) is 66.2 Å². The summed E-state index contributed by atoms with van der Waals surface area (Å²) in [5, 5.41) is 16.8. The van der Waals surface area contributed by atoms with Gasteiger partial charge in [-0.05, 0) is 6.92 Å². The Morgan fingerprint density at radius 2 is 1.10 bits per heavy atom. The summed E-state index contributed by atoms with van der Waals surface area (Å²) < 4.78 is 0. The summed E-state index contributed by atoms with van der Waals surface area (Å²) in [5.41, 5.74) is 1.34. The molecule has 0 amide bonds. The van der Waals surface area contributed by atoms with Crippen molar-refractivity contribution < 1.29 is 27.7 Å². The van der Waals surface area contributed by atoms with E-state index in [2.05, 4.69) is 55.0 Å². The zero-order valence-electron chi connectivity index (χ0n) is 20.4. The molecule has 0 saturated carbocycles. The predicted octanol–water partition coefficient (Wildman–Crippen LogP) is 5.36. The molecule has 0 aromatic rings. The van der Waals surface area contributed by atoms with E-state index in [1.807, 2.05) is 12.3 Å². The Labute approximate surface area is 202 Å². The number of nitrogens with zero attached hydrogens (tertiary/aromatic N) is 4. The van der Waals surface area contributed by atoms with E-state index in [1.54, 1.807) is 0 Å². The Balaban J connectivity index is -0.000000327. The molecule has 0 spiro atoms. The molecule has 1 radical (unpaired) electrons. The van der Waals surface area contributed by atoms with E-state index in [-0.39, 0.29) is 27.7 Å². The van der Waals surface area contributed by atoms with Gasteiger partial charge >= 0.3 is 16.8 Å². The van der Waals surface area contributed by atoms with Gasteiger partial charge in [0.25, 0.3) is 0 Å². The van der Waals surface area contributed by atoms with E-state index < -0.39 is 0 Å². The Morgan fingerprint density at radius 1 is 0.710 bits per heavy atom. The van der Waals surface area contributed by atoms with Crippen molar-refractivity contribution in [3.63, 3.8) is 0 Å². The average Bonchev–Trinajstić information content (AvgIpc) is 2.72. The molecule has 0 aromatic heterocycles. The van der Waals surface area contributed by atoms with Crippen LogP contribution in [0.25, 0.3) is 21.3 Å². The van der Waals surface area contributed by atoms with Gasteiger partial charge in [-0.1, -0.05) is 94.8 Å². The Bertz CT molecular complexity index is 380. The van der Waals surface area contributed by atoms with Crippen LogP contribution in [0.1, 0.15) is 66.2 Å². The Hall–Kier alpha value is -0.414. The van der Waals surface area contributed by atoms with Crippen LogP contribution in [0.4, 0.5) is 0 Å². The van der Waals surface area contributed by atoms with Crippen molar-refractivity contribution in [3.05, 3.63) is 45.2 Å². The van der Waals surface area contributed by atoms with Crippen LogP contribution in [0.2, 0.25) is 0 Å². The topological polar surface area (TPSA) is 122 Å². The first-order valence-electron chi connectivity index (χ1n) is 11.5. The van der Waals surface area contributed by atoms with Gasteiger partial charge in [0.1, 0.15) is 0 Å². The van der Waals surface area contributed by atoms with Gasteiger partial charge < -0.3 is 32.2 Å². The van der Waals surface area contributed by atoms with Crippen molar-refractivity contribution in [3.8, 4) is 0 Å². The molecule has 3 atom stereocenters. The van der Waals surface area contributed by atoms with E-state index in [4.69, 9.17) is 0 Å². The van der Waals surface area contributed by atoms with Crippen molar-refractivity contribution in [1.29, 1.82) is 0 Å². The maximum Gasteiger partial charge on any atom is 2.00 e. The van der Waals surface area contributed by atoms with Gasteiger partial charge in [0.2, 0.25) is 0 Å². The molecule has 187 valence electrons. The van der Waals surface area contributed by atoms with Gasteiger partial charge in [-0.15, -0.1) is 45.8 Å². The molecule has 4 aliphatic rings. The van der Waals surface area contributed by atoms with Crippen LogP contribution in [-0.2, 0) is 27.7 Å². The van der Waals surface area contributed by atoms with Gasteiger partial charge in [-0.3, -0.25) is 0 Å². The summed E-state index contributed by atoms with van der Waals surface area (Å²) in [7, 11) is 0. The van der Waals surface area contributed by atoms with E-state index in [0.717, 1.165) is 63.6 Å². The molecule has 6 nitrogen and oxygen atoms in total. The van der Waals surface area contributed by atoms with Crippen molar-refractivity contribution >= 4 is 0 Å². The molecule has 7 heteroatoms. The third kappa shape index (κ3) is 22.6. The van der Waals surface area contributed by atoms with Crippen LogP contribution in [0.15, 0.2) is 23.9 Å². The summed E-state index contributed by atoms with van der Waals surface area (Å²) in [6.07, 6.45) is 14.0. The number of hydrogen-bond donors (Lipinski definition) is 0. The van der Waals surface area contributed by atoms with Crippen molar-refractivity contribution in [1.82, 2.24) is 0 Å². The van der Waals surface area contributed by atoms with Crippen LogP contribution in [0.5, 0.6) is 0 Å². The molecule has 3 saturated heterocycles. The van der Waals surface area contributed by atoms with Gasteiger partial charge in [0.05, 0.1) is 0 Å². The first kappa shape index (κ1) is 35.2. The second-order valence-corrected chi connectivity index (χ2v) is 8.83. The molecular formula is C24H50CoN4O2. The Kier molecular flexibility index (Phi) is 27.5. The predicted molar refractivity (Wildman–Crippen MR) is 135 cm³/mol. The normalized spacial score (nSPS) is 26.5. The molecular weight excluding hydrogens is 435 g/mol. The molecule has 0 bridgehead atoms. The van der Waals surface area contributed by atoms with Crippen LogP contribution in [0, 0.1) is 17.8 Å². The molecule has 4 rings (SSSR count). The maximum atomic E-state index is 4.26. The molecule has 4 heterocycles. The Morgan fingerprint density at radius 3 is 1.23 bits per heavy atom. The first-order valence-corrected chi connectivity index (χ1v) is 11.5. The van der Waals surface area contributed by atoms with Crippen LogP contribution >= 0.6 is 0 Å². The third-order valence-electron chi connectivity index (χ3n) is 5.27. The van der Waals surface area contributed by atoms with Gasteiger partial charge in [-0.2, -0.15) is 6.20 Å². The SMILES string of the molecule is CC1=CC=C[N-]C1.CC1CCC[N-]C1.CC1CCC[N-]C1.CC1CCC[N-]C1.[Co+2].[OH3+].[OH3+]. The fourth-order valence-electron chi connectivity index (χ4n) is 3.38. The summed E-state index contributed by atoms with van der Waals surface area (Å²) in [6.45, 7) is 16.4. The van der Waals surface area contributed by atoms with Crippen LogP contribution in [-0.4, -0.2) is 45.8 Å². The van der Waals surface area contributed by atoms with Crippen LogP contribution in [0.3, 0.4) is 0 Å². The fourth-order valence-corrected chi connectivity index (χ4v) is 3.38. The zero-order valence-corrected chi connectivity index (χ0v) is 21.5. The monoisotopic (exact) mass is 485 g/mol. The largest absolute Gasteiger partial charge is 2.00 e. The van der Waals surface area contributed by atoms with Crippen LogP contribution < -0.4 is 0 Å². The molecule has 0 aliphatic carbocycles. The van der Waals surface area contributed by atoms with Crippen molar-refractivity contribution in [2.24, 2.45) is 17.8 Å². The smallest absolute Gasteiger partial charge is 0.687 e. The molecule has 31 heavy (non-hydrogen) atoms. The number of allylic oxidation sites excluding steroid dienone is 2. The minimum Gasteiger partial charge on any atom is -0.687 e. The van der Waals surface area contributed by atoms with Gasteiger partial charge in [-0.25, -0.2) is 0 Å².